The number of hydrogen-bond acceptors (Lipinski definition) is 5. The number of fused-ring (bicyclic) bond motifs is 1. The molecule has 0 bridgehead atoms. The second-order valence-electron chi connectivity index (χ2n) is 5.18. The van der Waals surface area contributed by atoms with Gasteiger partial charge in [-0.3, -0.25) is 0 Å². The minimum absolute atomic E-state index is 0.0370. The van der Waals surface area contributed by atoms with Gasteiger partial charge in [0.15, 0.2) is 0 Å². The SMILES string of the molecule is CCOC(=O)c1oc2ccccc2c1COC(=O)c1ccccc1Cl. The fourth-order valence-electron chi connectivity index (χ4n) is 2.45. The van der Waals surface area contributed by atoms with Gasteiger partial charge in [-0.2, -0.15) is 0 Å². The van der Waals surface area contributed by atoms with E-state index < -0.39 is 11.9 Å². The molecule has 0 N–H and O–H groups in total. The van der Waals surface area contributed by atoms with Crippen molar-refractivity contribution >= 4 is 34.5 Å². The van der Waals surface area contributed by atoms with Crippen LogP contribution < -0.4 is 0 Å². The quantitative estimate of drug-likeness (QED) is 0.622. The summed E-state index contributed by atoms with van der Waals surface area (Å²) in [5.41, 5.74) is 1.25. The molecule has 0 saturated heterocycles. The summed E-state index contributed by atoms with van der Waals surface area (Å²) in [5.74, 6) is -1.14. The van der Waals surface area contributed by atoms with E-state index >= 15 is 0 Å². The maximum atomic E-state index is 12.3. The van der Waals surface area contributed by atoms with Gasteiger partial charge in [-0.15, -0.1) is 0 Å². The summed E-state index contributed by atoms with van der Waals surface area (Å²) in [4.78, 5) is 24.4. The highest BCUT2D eigenvalue weighted by molar-refractivity contribution is 6.33. The Labute approximate surface area is 149 Å². The topological polar surface area (TPSA) is 65.7 Å². The Hall–Kier alpha value is -2.79. The fraction of sp³-hybridized carbons (Fsp3) is 0.158. The van der Waals surface area contributed by atoms with Crippen molar-refractivity contribution in [3.05, 3.63) is 70.4 Å². The summed E-state index contributed by atoms with van der Waals surface area (Å²) in [6, 6.07) is 13.7. The second kappa shape index (κ2) is 7.40. The third-order valence-corrected chi connectivity index (χ3v) is 3.93. The lowest BCUT2D eigenvalue weighted by Gasteiger charge is -2.07. The summed E-state index contributed by atoms with van der Waals surface area (Å²) in [6.07, 6.45) is 0. The first kappa shape index (κ1) is 17.0. The average molecular weight is 359 g/mol. The molecule has 3 aromatic rings. The Morgan fingerprint density at radius 1 is 1.00 bits per heavy atom. The van der Waals surface area contributed by atoms with Gasteiger partial charge >= 0.3 is 11.9 Å². The summed E-state index contributed by atoms with van der Waals surface area (Å²) in [5, 5.41) is 0.993. The van der Waals surface area contributed by atoms with E-state index in [9.17, 15) is 9.59 Å². The van der Waals surface area contributed by atoms with Crippen molar-refractivity contribution in [2.45, 2.75) is 13.5 Å². The molecule has 0 saturated carbocycles. The van der Waals surface area contributed by atoms with Crippen LogP contribution in [0, 0.1) is 0 Å². The summed E-state index contributed by atoms with van der Waals surface area (Å²) in [6.45, 7) is 1.79. The summed E-state index contributed by atoms with van der Waals surface area (Å²) in [7, 11) is 0. The van der Waals surface area contributed by atoms with Gasteiger partial charge < -0.3 is 13.9 Å². The van der Waals surface area contributed by atoms with E-state index in [1.807, 2.05) is 6.07 Å². The van der Waals surface area contributed by atoms with Crippen LogP contribution >= 0.6 is 11.6 Å². The van der Waals surface area contributed by atoms with E-state index in [1.165, 1.54) is 0 Å². The van der Waals surface area contributed by atoms with E-state index in [2.05, 4.69) is 0 Å². The molecule has 3 rings (SSSR count). The van der Waals surface area contributed by atoms with Crippen molar-refractivity contribution in [1.29, 1.82) is 0 Å². The van der Waals surface area contributed by atoms with Crippen LogP contribution in [0.3, 0.4) is 0 Å². The molecule has 0 aliphatic heterocycles. The molecule has 2 aromatic carbocycles. The molecule has 0 aliphatic carbocycles. The minimum Gasteiger partial charge on any atom is -0.460 e. The Balaban J connectivity index is 1.90. The van der Waals surface area contributed by atoms with Gasteiger partial charge in [0.1, 0.15) is 12.2 Å². The Morgan fingerprint density at radius 3 is 2.48 bits per heavy atom. The molecule has 128 valence electrons. The van der Waals surface area contributed by atoms with E-state index in [-0.39, 0.29) is 24.5 Å². The number of carbonyl (C=O) groups excluding carboxylic acids is 2. The van der Waals surface area contributed by atoms with E-state index in [4.69, 9.17) is 25.5 Å². The summed E-state index contributed by atoms with van der Waals surface area (Å²) >= 11 is 6.00. The number of halogens is 1. The van der Waals surface area contributed by atoms with Crippen molar-refractivity contribution < 1.29 is 23.5 Å². The van der Waals surface area contributed by atoms with Crippen LogP contribution in [0.2, 0.25) is 5.02 Å². The number of benzene rings is 2. The molecule has 0 spiro atoms. The molecule has 0 atom stereocenters. The molecular formula is C19H15ClO5. The number of para-hydroxylation sites is 1. The molecule has 1 heterocycles. The van der Waals surface area contributed by atoms with Gasteiger partial charge in [0, 0.05) is 5.39 Å². The highest BCUT2D eigenvalue weighted by Gasteiger charge is 2.23. The number of ether oxygens (including phenoxy) is 2. The van der Waals surface area contributed by atoms with Crippen molar-refractivity contribution in [2.75, 3.05) is 6.61 Å². The van der Waals surface area contributed by atoms with Gasteiger partial charge in [0.25, 0.3) is 0 Å². The first-order valence-corrected chi connectivity index (χ1v) is 8.08. The molecule has 1 aromatic heterocycles. The van der Waals surface area contributed by atoms with Crippen molar-refractivity contribution in [3.63, 3.8) is 0 Å². The van der Waals surface area contributed by atoms with Gasteiger partial charge in [-0.05, 0) is 25.1 Å². The second-order valence-corrected chi connectivity index (χ2v) is 5.59. The Morgan fingerprint density at radius 2 is 1.72 bits per heavy atom. The van der Waals surface area contributed by atoms with Crippen LogP contribution in [0.25, 0.3) is 11.0 Å². The molecule has 0 fully saturated rings. The monoisotopic (exact) mass is 358 g/mol. The van der Waals surface area contributed by atoms with Crippen LogP contribution in [-0.2, 0) is 16.1 Å². The van der Waals surface area contributed by atoms with E-state index in [0.29, 0.717) is 21.6 Å². The normalized spacial score (nSPS) is 10.6. The maximum absolute atomic E-state index is 12.3. The molecule has 0 unspecified atom stereocenters. The highest BCUT2D eigenvalue weighted by Crippen LogP contribution is 2.28. The van der Waals surface area contributed by atoms with Crippen LogP contribution in [0.15, 0.2) is 52.9 Å². The standard InChI is InChI=1S/C19H15ClO5/c1-2-23-19(22)17-14(12-7-4-6-10-16(12)25-17)11-24-18(21)13-8-3-5-9-15(13)20/h3-10H,2,11H2,1H3. The molecule has 6 heteroatoms. The number of hydrogen-bond donors (Lipinski definition) is 0. The van der Waals surface area contributed by atoms with Crippen molar-refractivity contribution in [3.8, 4) is 0 Å². The van der Waals surface area contributed by atoms with Crippen molar-refractivity contribution in [2.24, 2.45) is 0 Å². The zero-order valence-corrected chi connectivity index (χ0v) is 14.2. The minimum atomic E-state index is -0.595. The molecular weight excluding hydrogens is 344 g/mol. The van der Waals surface area contributed by atoms with Crippen molar-refractivity contribution in [1.82, 2.24) is 0 Å². The Kier molecular flexibility index (Phi) is 5.05. The third kappa shape index (κ3) is 3.51. The van der Waals surface area contributed by atoms with Crippen LogP contribution in [-0.4, -0.2) is 18.5 Å². The van der Waals surface area contributed by atoms with Crippen LogP contribution in [0.1, 0.15) is 33.4 Å². The predicted octanol–water partition coefficient (Wildman–Crippen LogP) is 4.62. The number of esters is 2. The lowest BCUT2D eigenvalue weighted by molar-refractivity contribution is 0.0435. The first-order chi connectivity index (χ1) is 12.1. The molecule has 0 aliphatic rings. The first-order valence-electron chi connectivity index (χ1n) is 7.71. The molecule has 0 amide bonds. The van der Waals surface area contributed by atoms with Crippen LogP contribution in [0.4, 0.5) is 0 Å². The third-order valence-electron chi connectivity index (χ3n) is 3.60. The average Bonchev–Trinajstić information content (AvgIpc) is 2.99. The summed E-state index contributed by atoms with van der Waals surface area (Å²) < 4.78 is 15.9. The number of rotatable bonds is 5. The number of carbonyl (C=O) groups is 2. The fourth-order valence-corrected chi connectivity index (χ4v) is 2.66. The van der Waals surface area contributed by atoms with Gasteiger partial charge in [0.2, 0.25) is 5.76 Å². The van der Waals surface area contributed by atoms with Gasteiger partial charge in [-0.25, -0.2) is 9.59 Å². The maximum Gasteiger partial charge on any atom is 0.374 e. The Bertz CT molecular complexity index is 928. The highest BCUT2D eigenvalue weighted by atomic mass is 35.5. The zero-order chi connectivity index (χ0) is 17.8. The smallest absolute Gasteiger partial charge is 0.374 e. The molecule has 25 heavy (non-hydrogen) atoms. The van der Waals surface area contributed by atoms with E-state index in [1.54, 1.807) is 49.4 Å². The lowest BCUT2D eigenvalue weighted by Crippen LogP contribution is -2.10. The number of furan rings is 1. The predicted molar refractivity (Wildman–Crippen MR) is 92.7 cm³/mol. The van der Waals surface area contributed by atoms with Gasteiger partial charge in [0.05, 0.1) is 22.8 Å². The largest absolute Gasteiger partial charge is 0.460 e. The lowest BCUT2D eigenvalue weighted by atomic mass is 10.1. The van der Waals surface area contributed by atoms with E-state index in [0.717, 1.165) is 0 Å². The molecule has 0 radical (unpaired) electrons. The van der Waals surface area contributed by atoms with Gasteiger partial charge in [-0.1, -0.05) is 41.9 Å². The zero-order valence-electron chi connectivity index (χ0n) is 13.5. The molecule has 5 nitrogen and oxygen atoms in total. The van der Waals surface area contributed by atoms with Crippen LogP contribution in [0.5, 0.6) is 0 Å².